The number of hydrogen-bond acceptors (Lipinski definition) is 6. The Morgan fingerprint density at radius 1 is 0.824 bits per heavy atom. The third-order valence-electron chi connectivity index (χ3n) is 3.96. The minimum Gasteiger partial charge on any atom is -0.409 e. The number of rotatable bonds is 7. The molecule has 1 amide bonds. The average Bonchev–Trinajstić information content (AvgIpc) is 2.73. The Balaban J connectivity index is 2.40. The van der Waals surface area contributed by atoms with Gasteiger partial charge >= 0.3 is 18.3 Å². The number of ether oxygens (including phenoxy) is 1. The van der Waals surface area contributed by atoms with E-state index in [4.69, 9.17) is 4.74 Å². The van der Waals surface area contributed by atoms with Crippen molar-refractivity contribution in [3.8, 4) is 0 Å². The Labute approximate surface area is 189 Å². The maximum atomic E-state index is 12.8. The van der Waals surface area contributed by atoms with Crippen LogP contribution in [0, 0.1) is 0 Å². The molecule has 0 spiro atoms. The minimum absolute atomic E-state index is 0.0231. The van der Waals surface area contributed by atoms with Crippen LogP contribution in [-0.4, -0.2) is 25.2 Å². The molecule has 0 atom stereocenters. The lowest BCUT2D eigenvalue weighted by Gasteiger charge is -2.15. The van der Waals surface area contributed by atoms with E-state index in [9.17, 15) is 35.9 Å². The fourth-order valence-corrected chi connectivity index (χ4v) is 2.43. The van der Waals surface area contributed by atoms with Gasteiger partial charge in [0.1, 0.15) is 12.7 Å². The van der Waals surface area contributed by atoms with Crippen molar-refractivity contribution < 1.29 is 45.5 Å². The normalized spacial score (nSPS) is 12.7. The summed E-state index contributed by atoms with van der Waals surface area (Å²) in [6, 6.07) is 7.08. The van der Waals surface area contributed by atoms with Crippen LogP contribution in [0.5, 0.6) is 0 Å². The molecule has 2 aromatic rings. The summed E-state index contributed by atoms with van der Waals surface area (Å²) in [5.41, 5.74) is -2.33. The number of anilines is 2. The van der Waals surface area contributed by atoms with Crippen LogP contribution >= 0.6 is 0 Å². The Morgan fingerprint density at radius 2 is 1.26 bits per heavy atom. The summed E-state index contributed by atoms with van der Waals surface area (Å²) >= 11 is 0. The van der Waals surface area contributed by atoms with Crippen molar-refractivity contribution in [2.45, 2.75) is 19.3 Å². The van der Waals surface area contributed by atoms with Crippen LogP contribution in [-0.2, 0) is 31.5 Å². The molecule has 0 bridgehead atoms. The Hall–Kier alpha value is -4.03. The van der Waals surface area contributed by atoms with Gasteiger partial charge in [0.2, 0.25) is 5.88 Å². The number of benzene rings is 2. The smallest absolute Gasteiger partial charge is 0.409 e. The van der Waals surface area contributed by atoms with E-state index in [1.165, 1.54) is 0 Å². The molecule has 0 heterocycles. The van der Waals surface area contributed by atoms with Crippen molar-refractivity contribution in [2.75, 3.05) is 17.7 Å². The number of carbonyl (C=O) groups excluding carboxylic acids is 2. The number of alkyl halides is 6. The molecule has 0 aromatic heterocycles. The standard InChI is InChI=1S/C21H17F6N3O4/c1-12(31)34-19(30-16-9-5-14(6-10-16)21(25,26)27)17(11-28-33-2)18(32)29-15-7-3-13(4-8-15)20(22,23)24/h3-11,30H,1-2H3,(H,29,32)/b19-17-,28-11+. The van der Waals surface area contributed by atoms with Gasteiger partial charge in [-0.05, 0) is 48.5 Å². The second kappa shape index (κ2) is 10.7. The van der Waals surface area contributed by atoms with Crippen LogP contribution in [0.15, 0.2) is 65.1 Å². The summed E-state index contributed by atoms with van der Waals surface area (Å²) in [5.74, 6) is -2.38. The van der Waals surface area contributed by atoms with Crippen LogP contribution in [0.2, 0.25) is 0 Å². The van der Waals surface area contributed by atoms with Crippen molar-refractivity contribution >= 4 is 29.5 Å². The van der Waals surface area contributed by atoms with Gasteiger partial charge < -0.3 is 20.2 Å². The van der Waals surface area contributed by atoms with Gasteiger partial charge in [0.25, 0.3) is 5.91 Å². The molecule has 0 aliphatic heterocycles. The van der Waals surface area contributed by atoms with Crippen LogP contribution < -0.4 is 10.6 Å². The van der Waals surface area contributed by atoms with E-state index in [-0.39, 0.29) is 11.4 Å². The zero-order valence-corrected chi connectivity index (χ0v) is 17.5. The number of nitrogens with zero attached hydrogens (tertiary/aromatic N) is 1. The predicted molar refractivity (Wildman–Crippen MR) is 109 cm³/mol. The zero-order chi connectivity index (χ0) is 25.5. The first kappa shape index (κ1) is 26.2. The van der Waals surface area contributed by atoms with Gasteiger partial charge in [0, 0.05) is 18.3 Å². The highest BCUT2D eigenvalue weighted by molar-refractivity contribution is 6.18. The van der Waals surface area contributed by atoms with Crippen molar-refractivity contribution in [2.24, 2.45) is 5.16 Å². The molecule has 2 aromatic carbocycles. The average molecular weight is 489 g/mol. The third-order valence-corrected chi connectivity index (χ3v) is 3.96. The highest BCUT2D eigenvalue weighted by Gasteiger charge is 2.31. The number of oxime groups is 1. The molecule has 182 valence electrons. The molecule has 0 fully saturated rings. The van der Waals surface area contributed by atoms with Gasteiger partial charge in [-0.25, -0.2) is 0 Å². The first-order valence-corrected chi connectivity index (χ1v) is 9.23. The highest BCUT2D eigenvalue weighted by Crippen LogP contribution is 2.31. The second-order valence-electron chi connectivity index (χ2n) is 6.48. The number of nitrogens with one attached hydrogen (secondary N) is 2. The van der Waals surface area contributed by atoms with Gasteiger partial charge in [-0.3, -0.25) is 9.59 Å². The summed E-state index contributed by atoms with van der Waals surface area (Å²) in [4.78, 5) is 28.9. The maximum Gasteiger partial charge on any atom is 0.416 e. The summed E-state index contributed by atoms with van der Waals surface area (Å²) in [6.45, 7) is 1.01. The third kappa shape index (κ3) is 7.53. The second-order valence-corrected chi connectivity index (χ2v) is 6.48. The van der Waals surface area contributed by atoms with Gasteiger partial charge in [-0.1, -0.05) is 5.16 Å². The van der Waals surface area contributed by atoms with E-state index in [0.29, 0.717) is 0 Å². The molecule has 0 saturated heterocycles. The lowest BCUT2D eigenvalue weighted by Crippen LogP contribution is -2.22. The lowest BCUT2D eigenvalue weighted by atomic mass is 10.2. The molecule has 0 saturated carbocycles. The van der Waals surface area contributed by atoms with E-state index >= 15 is 0 Å². The molecule has 0 aliphatic rings. The Bertz CT molecular complexity index is 1080. The quantitative estimate of drug-likeness (QED) is 0.140. The van der Waals surface area contributed by atoms with Gasteiger partial charge in [-0.2, -0.15) is 26.3 Å². The number of halogens is 6. The summed E-state index contributed by atoms with van der Waals surface area (Å²) in [6.07, 6.45) is -8.31. The fraction of sp³-hybridized carbons (Fsp3) is 0.190. The Morgan fingerprint density at radius 3 is 1.65 bits per heavy atom. The number of hydrogen-bond donors (Lipinski definition) is 2. The van der Waals surface area contributed by atoms with Gasteiger partial charge in [0.05, 0.1) is 17.3 Å². The van der Waals surface area contributed by atoms with E-state index < -0.39 is 46.8 Å². The SMILES string of the molecule is CO/N=C/C(C(=O)Nc1ccc(C(F)(F)F)cc1)=C(\Nc1ccc(C(F)(F)F)cc1)OC(C)=O. The van der Waals surface area contributed by atoms with Gasteiger partial charge in [0.15, 0.2) is 0 Å². The van der Waals surface area contributed by atoms with Crippen LogP contribution in [0.3, 0.4) is 0 Å². The molecule has 7 nitrogen and oxygen atoms in total. The summed E-state index contributed by atoms with van der Waals surface area (Å²) in [5, 5.41) is 8.24. The lowest BCUT2D eigenvalue weighted by molar-refractivity contribution is -0.138. The molecule has 0 unspecified atom stereocenters. The summed E-state index contributed by atoms with van der Waals surface area (Å²) in [7, 11) is 1.15. The molecule has 13 heteroatoms. The monoisotopic (exact) mass is 489 g/mol. The van der Waals surface area contributed by atoms with E-state index in [1.807, 2.05) is 0 Å². The molecule has 2 rings (SSSR count). The molecular formula is C21H17F6N3O4. The van der Waals surface area contributed by atoms with Crippen LogP contribution in [0.25, 0.3) is 0 Å². The van der Waals surface area contributed by atoms with E-state index in [0.717, 1.165) is 68.8 Å². The fourth-order valence-electron chi connectivity index (χ4n) is 2.43. The number of esters is 1. The summed E-state index contributed by atoms with van der Waals surface area (Å²) < 4.78 is 81.5. The van der Waals surface area contributed by atoms with Crippen molar-refractivity contribution in [1.82, 2.24) is 0 Å². The first-order valence-electron chi connectivity index (χ1n) is 9.23. The maximum absolute atomic E-state index is 12.8. The molecule has 2 N–H and O–H groups in total. The first-order chi connectivity index (χ1) is 15.8. The number of carbonyl (C=O) groups is 2. The van der Waals surface area contributed by atoms with E-state index in [1.54, 1.807) is 0 Å². The predicted octanol–water partition coefficient (Wildman–Crippen LogP) is 5.18. The minimum atomic E-state index is -4.58. The Kier molecular flexibility index (Phi) is 8.27. The number of amides is 1. The van der Waals surface area contributed by atoms with Crippen LogP contribution in [0.1, 0.15) is 18.1 Å². The molecule has 0 radical (unpaired) electrons. The topological polar surface area (TPSA) is 89.0 Å². The molecular weight excluding hydrogens is 472 g/mol. The van der Waals surface area contributed by atoms with Crippen molar-refractivity contribution in [3.05, 3.63) is 71.1 Å². The van der Waals surface area contributed by atoms with Crippen molar-refractivity contribution in [3.63, 3.8) is 0 Å². The van der Waals surface area contributed by atoms with Gasteiger partial charge in [-0.15, -0.1) is 0 Å². The molecule has 0 aliphatic carbocycles. The van der Waals surface area contributed by atoms with Crippen molar-refractivity contribution in [1.29, 1.82) is 0 Å². The van der Waals surface area contributed by atoms with E-state index in [2.05, 4.69) is 20.6 Å². The van der Waals surface area contributed by atoms with Crippen LogP contribution in [0.4, 0.5) is 37.7 Å². The highest BCUT2D eigenvalue weighted by atomic mass is 19.4. The molecule has 34 heavy (non-hydrogen) atoms. The largest absolute Gasteiger partial charge is 0.416 e. The zero-order valence-electron chi connectivity index (χ0n) is 17.5.